The van der Waals surface area contributed by atoms with Crippen molar-refractivity contribution in [1.82, 2.24) is 0 Å². The molecule has 1 atom stereocenters. The van der Waals surface area contributed by atoms with Crippen LogP contribution in [-0.4, -0.2) is 48.1 Å². The normalized spacial score (nSPS) is 14.1. The lowest BCUT2D eigenvalue weighted by Crippen LogP contribution is -1.93. The van der Waals surface area contributed by atoms with E-state index in [2.05, 4.69) is 25.5 Å². The number of carbonyl (C=O) groups is 2. The minimum Gasteiger partial charge on any atom is -0.481 e. The molecule has 2 aliphatic rings. The zero-order valence-electron chi connectivity index (χ0n) is 31.9. The van der Waals surface area contributed by atoms with Crippen LogP contribution in [0.4, 0.5) is 0 Å². The first-order chi connectivity index (χ1) is 22.9. The van der Waals surface area contributed by atoms with Crippen LogP contribution >= 0.6 is 0 Å². The lowest BCUT2D eigenvalue weighted by molar-refractivity contribution is -0.138. The van der Waals surface area contributed by atoms with Crippen LogP contribution in [0, 0.1) is 0 Å². The lowest BCUT2D eigenvalue weighted by Gasteiger charge is -2.03. The Labute approximate surface area is 292 Å². The summed E-state index contributed by atoms with van der Waals surface area (Å²) >= 11 is 0. The van der Waals surface area contributed by atoms with E-state index in [1.807, 2.05) is 0 Å². The molecule has 6 heteroatoms. The van der Waals surface area contributed by atoms with Crippen LogP contribution in [0.3, 0.4) is 0 Å². The van der Waals surface area contributed by atoms with Crippen LogP contribution in [0.5, 0.6) is 0 Å². The van der Waals surface area contributed by atoms with Gasteiger partial charge in [0.05, 0.1) is 25.9 Å². The van der Waals surface area contributed by atoms with Gasteiger partial charge in [0.2, 0.25) is 0 Å². The summed E-state index contributed by atoms with van der Waals surface area (Å²) in [6.07, 6.45) is 41.0. The average molecular weight is 671 g/mol. The van der Waals surface area contributed by atoms with Crippen LogP contribution in [-0.2, 0) is 19.1 Å². The number of aliphatic carboxylic acids is 2. The Morgan fingerprint density at radius 1 is 0.447 bits per heavy atom. The van der Waals surface area contributed by atoms with Gasteiger partial charge in [0.25, 0.3) is 0 Å². The fraction of sp³-hybridized carbons (Fsp3) is 0.951. The second kappa shape index (κ2) is 42.9. The van der Waals surface area contributed by atoms with Gasteiger partial charge in [-0.3, -0.25) is 9.59 Å². The highest BCUT2D eigenvalue weighted by Crippen LogP contribution is 2.15. The molecule has 47 heavy (non-hydrogen) atoms. The van der Waals surface area contributed by atoms with Crippen LogP contribution < -0.4 is 0 Å². The molecule has 1 unspecified atom stereocenters. The molecule has 2 N–H and O–H groups in total. The van der Waals surface area contributed by atoms with Crippen molar-refractivity contribution in [3.8, 4) is 0 Å². The van der Waals surface area contributed by atoms with Crippen LogP contribution in [0.1, 0.15) is 226 Å². The van der Waals surface area contributed by atoms with Crippen molar-refractivity contribution in [1.29, 1.82) is 0 Å². The van der Waals surface area contributed by atoms with Crippen molar-refractivity contribution < 1.29 is 29.3 Å². The maximum atomic E-state index is 10.3. The molecule has 0 spiro atoms. The molecule has 0 saturated carbocycles. The zero-order chi connectivity index (χ0) is 34.9. The Bertz CT molecular complexity index is 558. The lowest BCUT2D eigenvalue weighted by atomic mass is 10.0. The number of epoxide rings is 2. The van der Waals surface area contributed by atoms with E-state index in [9.17, 15) is 9.59 Å². The van der Waals surface area contributed by atoms with Crippen molar-refractivity contribution in [3.63, 3.8) is 0 Å². The summed E-state index contributed by atoms with van der Waals surface area (Å²) in [7, 11) is 0. The van der Waals surface area contributed by atoms with Crippen LogP contribution in [0.25, 0.3) is 0 Å². The Hall–Kier alpha value is -1.14. The van der Waals surface area contributed by atoms with Gasteiger partial charge in [0.15, 0.2) is 0 Å². The monoisotopic (exact) mass is 671 g/mol. The highest BCUT2D eigenvalue weighted by molar-refractivity contribution is 5.66. The maximum absolute atomic E-state index is 10.3. The third-order valence-electron chi connectivity index (χ3n) is 8.69. The molecule has 0 aromatic heterocycles. The van der Waals surface area contributed by atoms with E-state index in [1.165, 1.54) is 167 Å². The SMILES string of the molecule is C1CO1.CC1CO1.CCCCCCCCCCCCCCCCCC(=O)O.CCCCCCCCCCCCCCCCCC(=O)O. The number of hydrogen-bond acceptors (Lipinski definition) is 4. The van der Waals surface area contributed by atoms with Gasteiger partial charge in [0, 0.05) is 12.8 Å². The molecular weight excluding hydrogens is 588 g/mol. The number of carboxylic acids is 2. The Morgan fingerprint density at radius 2 is 0.617 bits per heavy atom. The largest absolute Gasteiger partial charge is 0.481 e. The third-order valence-corrected chi connectivity index (χ3v) is 8.69. The van der Waals surface area contributed by atoms with Gasteiger partial charge in [0.1, 0.15) is 0 Å². The van der Waals surface area contributed by atoms with Crippen molar-refractivity contribution in [2.24, 2.45) is 0 Å². The highest BCUT2D eigenvalue weighted by atomic mass is 16.6. The Morgan fingerprint density at radius 3 is 0.745 bits per heavy atom. The maximum Gasteiger partial charge on any atom is 0.303 e. The highest BCUT2D eigenvalue weighted by Gasteiger charge is 2.13. The molecule has 0 aromatic carbocycles. The van der Waals surface area contributed by atoms with Crippen LogP contribution in [0.2, 0.25) is 0 Å². The summed E-state index contributed by atoms with van der Waals surface area (Å²) in [5, 5.41) is 17.0. The molecule has 282 valence electrons. The summed E-state index contributed by atoms with van der Waals surface area (Å²) in [6.45, 7) is 9.58. The van der Waals surface area contributed by atoms with E-state index in [4.69, 9.17) is 14.9 Å². The number of hydrogen-bond donors (Lipinski definition) is 2. The van der Waals surface area contributed by atoms with Crippen molar-refractivity contribution in [2.45, 2.75) is 232 Å². The minimum atomic E-state index is -0.653. The van der Waals surface area contributed by atoms with Crippen molar-refractivity contribution in [3.05, 3.63) is 0 Å². The molecule has 0 radical (unpaired) electrons. The molecule has 0 bridgehead atoms. The summed E-state index contributed by atoms with van der Waals surface area (Å²) < 4.78 is 9.21. The van der Waals surface area contributed by atoms with E-state index >= 15 is 0 Å². The van der Waals surface area contributed by atoms with Gasteiger partial charge >= 0.3 is 11.9 Å². The fourth-order valence-corrected chi connectivity index (χ4v) is 5.39. The quantitative estimate of drug-likeness (QED) is 0.0546. The molecule has 2 rings (SSSR count). The van der Waals surface area contributed by atoms with Crippen molar-refractivity contribution in [2.75, 3.05) is 19.8 Å². The summed E-state index contributed by atoms with van der Waals surface area (Å²) in [5.41, 5.74) is 0. The first-order valence-corrected chi connectivity index (χ1v) is 20.6. The Balaban J connectivity index is 0. The molecule has 6 nitrogen and oxygen atoms in total. The van der Waals surface area contributed by atoms with Gasteiger partial charge in [-0.15, -0.1) is 0 Å². The minimum absolute atomic E-state index is 0.345. The van der Waals surface area contributed by atoms with Gasteiger partial charge in [-0.05, 0) is 19.8 Å². The molecular formula is C41H82O6. The zero-order valence-corrected chi connectivity index (χ0v) is 31.9. The van der Waals surface area contributed by atoms with E-state index in [1.54, 1.807) is 0 Å². The van der Waals surface area contributed by atoms with Crippen molar-refractivity contribution >= 4 is 11.9 Å². The molecule has 2 saturated heterocycles. The molecule has 0 aliphatic carbocycles. The van der Waals surface area contributed by atoms with Gasteiger partial charge in [-0.2, -0.15) is 0 Å². The smallest absolute Gasteiger partial charge is 0.303 e. The molecule has 2 fully saturated rings. The second-order valence-corrected chi connectivity index (χ2v) is 13.9. The van der Waals surface area contributed by atoms with Gasteiger partial charge in [-0.25, -0.2) is 0 Å². The number of ether oxygens (including phenoxy) is 2. The van der Waals surface area contributed by atoms with E-state index in [0.29, 0.717) is 18.9 Å². The van der Waals surface area contributed by atoms with Gasteiger partial charge < -0.3 is 19.7 Å². The standard InChI is InChI=1S/2C18H36O2.C3H6O.C2H4O/c2*1-2-3-4-5-6-7-8-9-10-11-12-13-14-15-16-17-18(19)20;1-3-2-4-3;1-2-3-1/h2*2-17H2,1H3,(H,19,20);3H,2H2,1H3;1-2H2. The van der Waals surface area contributed by atoms with Gasteiger partial charge in [-0.1, -0.05) is 194 Å². The molecule has 2 heterocycles. The average Bonchev–Trinajstić information content (AvgIpc) is 3.98. The Kier molecular flexibility index (Phi) is 43.8. The third kappa shape index (κ3) is 60.7. The predicted molar refractivity (Wildman–Crippen MR) is 201 cm³/mol. The summed E-state index contributed by atoms with van der Waals surface area (Å²) in [6, 6.07) is 0. The predicted octanol–water partition coefficient (Wildman–Crippen LogP) is 13.1. The van der Waals surface area contributed by atoms with Crippen LogP contribution in [0.15, 0.2) is 0 Å². The number of rotatable bonds is 32. The van der Waals surface area contributed by atoms with E-state index < -0.39 is 11.9 Å². The van der Waals surface area contributed by atoms with E-state index in [0.717, 1.165) is 45.5 Å². The summed E-state index contributed by atoms with van der Waals surface area (Å²) in [4.78, 5) is 20.7. The van der Waals surface area contributed by atoms with E-state index in [-0.39, 0.29) is 0 Å². The molecule has 0 amide bonds. The molecule has 2 aliphatic heterocycles. The fourth-order valence-electron chi connectivity index (χ4n) is 5.39. The first kappa shape index (κ1) is 48.0. The number of unbranched alkanes of at least 4 members (excludes halogenated alkanes) is 28. The first-order valence-electron chi connectivity index (χ1n) is 20.6. The molecule has 0 aromatic rings. The topological polar surface area (TPSA) is 99.7 Å². The second-order valence-electron chi connectivity index (χ2n) is 13.9. The number of carboxylic acid groups (broad SMARTS) is 2. The summed E-state index contributed by atoms with van der Waals surface area (Å²) in [5.74, 6) is -1.31.